The Labute approximate surface area is 171 Å². The number of carbonyl (C=O) groups excluding carboxylic acids is 1. The fourth-order valence-electron chi connectivity index (χ4n) is 2.85. The van der Waals surface area contributed by atoms with Crippen LogP contribution in [0.5, 0.6) is 0 Å². The Morgan fingerprint density at radius 2 is 1.72 bits per heavy atom. The van der Waals surface area contributed by atoms with E-state index in [9.17, 15) is 19.5 Å². The third-order valence-electron chi connectivity index (χ3n) is 5.21. The standard InChI is InChI=1S/C21H32N2O6/c1-14(29-4)21(2,3)10-11-22-16(13-18(24)25)19(26)23-17(20(27)28)12-15-8-6-5-7-9-15/h5-9,14,16-17,22H,10-13H2,1-4H3,(H,23,26)(H,24,25)(H,27,28)/t14?,16-,17-/m0/s1. The summed E-state index contributed by atoms with van der Waals surface area (Å²) in [4.78, 5) is 35.4. The maximum absolute atomic E-state index is 12.6. The SMILES string of the molecule is COC(C)C(C)(C)CCN[C@@H](CC(=O)O)C(=O)N[C@@H](Cc1ccccc1)C(=O)O. The summed E-state index contributed by atoms with van der Waals surface area (Å²) < 4.78 is 5.35. The number of carboxylic acids is 2. The molecule has 0 saturated carbocycles. The van der Waals surface area contributed by atoms with E-state index in [1.54, 1.807) is 31.4 Å². The van der Waals surface area contributed by atoms with Gasteiger partial charge in [-0.15, -0.1) is 0 Å². The van der Waals surface area contributed by atoms with E-state index < -0.39 is 36.4 Å². The lowest BCUT2D eigenvalue weighted by Gasteiger charge is -2.31. The second-order valence-corrected chi connectivity index (χ2v) is 7.81. The van der Waals surface area contributed by atoms with Crippen LogP contribution in [0.3, 0.4) is 0 Å². The van der Waals surface area contributed by atoms with Gasteiger partial charge in [-0.1, -0.05) is 44.2 Å². The lowest BCUT2D eigenvalue weighted by atomic mass is 9.84. The summed E-state index contributed by atoms with van der Waals surface area (Å²) in [5.41, 5.74) is 0.585. The largest absolute Gasteiger partial charge is 0.481 e. The zero-order chi connectivity index (χ0) is 22.0. The second kappa shape index (κ2) is 11.5. The number of amides is 1. The molecular formula is C21H32N2O6. The number of methoxy groups -OCH3 is 1. The quantitative estimate of drug-likeness (QED) is 0.391. The predicted octanol–water partition coefficient (Wildman–Crippen LogP) is 1.68. The monoisotopic (exact) mass is 408 g/mol. The molecule has 0 aliphatic heterocycles. The Balaban J connectivity index is 2.75. The van der Waals surface area contributed by atoms with Crippen molar-refractivity contribution in [3.63, 3.8) is 0 Å². The fraction of sp³-hybridized carbons (Fsp3) is 0.571. The van der Waals surface area contributed by atoms with E-state index in [1.165, 1.54) is 0 Å². The number of rotatable bonds is 13. The van der Waals surface area contributed by atoms with Gasteiger partial charge in [0.2, 0.25) is 5.91 Å². The highest BCUT2D eigenvalue weighted by atomic mass is 16.5. The molecule has 1 unspecified atom stereocenters. The molecule has 3 atom stereocenters. The predicted molar refractivity (Wildman–Crippen MR) is 109 cm³/mol. The summed E-state index contributed by atoms with van der Waals surface area (Å²) in [5, 5.41) is 24.0. The average molecular weight is 408 g/mol. The van der Waals surface area contributed by atoms with Crippen molar-refractivity contribution in [3.05, 3.63) is 35.9 Å². The highest BCUT2D eigenvalue weighted by Gasteiger charge is 2.29. The molecule has 4 N–H and O–H groups in total. The highest BCUT2D eigenvalue weighted by Crippen LogP contribution is 2.26. The van der Waals surface area contributed by atoms with Crippen LogP contribution in [0.4, 0.5) is 0 Å². The van der Waals surface area contributed by atoms with Gasteiger partial charge in [0.15, 0.2) is 0 Å². The highest BCUT2D eigenvalue weighted by molar-refractivity contribution is 5.89. The maximum atomic E-state index is 12.6. The van der Waals surface area contributed by atoms with Crippen LogP contribution in [0.15, 0.2) is 30.3 Å². The molecule has 0 bridgehead atoms. The van der Waals surface area contributed by atoms with Crippen molar-refractivity contribution in [1.82, 2.24) is 10.6 Å². The first-order valence-electron chi connectivity index (χ1n) is 9.62. The number of nitrogens with one attached hydrogen (secondary N) is 2. The minimum Gasteiger partial charge on any atom is -0.481 e. The summed E-state index contributed by atoms with van der Waals surface area (Å²) in [6, 6.07) is 6.76. The molecule has 0 spiro atoms. The molecule has 1 amide bonds. The normalized spacial score (nSPS) is 14.6. The number of carbonyl (C=O) groups is 3. The van der Waals surface area contributed by atoms with E-state index in [-0.39, 0.29) is 17.9 Å². The first-order chi connectivity index (χ1) is 13.6. The van der Waals surface area contributed by atoms with Gasteiger partial charge < -0.3 is 25.6 Å². The van der Waals surface area contributed by atoms with E-state index in [1.807, 2.05) is 26.8 Å². The number of hydrogen-bond donors (Lipinski definition) is 4. The summed E-state index contributed by atoms with van der Waals surface area (Å²) in [6.07, 6.45) is 0.306. The molecule has 0 heterocycles. The van der Waals surface area contributed by atoms with E-state index >= 15 is 0 Å². The van der Waals surface area contributed by atoms with Gasteiger partial charge in [0.05, 0.1) is 18.6 Å². The zero-order valence-electron chi connectivity index (χ0n) is 17.5. The molecule has 162 valence electrons. The Morgan fingerprint density at radius 3 is 2.24 bits per heavy atom. The molecule has 0 aliphatic rings. The molecule has 1 aromatic rings. The van der Waals surface area contributed by atoms with Gasteiger partial charge in [-0.2, -0.15) is 0 Å². The molecule has 0 radical (unpaired) electrons. The van der Waals surface area contributed by atoms with Crippen LogP contribution in [0.2, 0.25) is 0 Å². The number of hydrogen-bond acceptors (Lipinski definition) is 5. The van der Waals surface area contributed by atoms with Crippen molar-refractivity contribution in [1.29, 1.82) is 0 Å². The van der Waals surface area contributed by atoms with Crippen molar-refractivity contribution in [2.75, 3.05) is 13.7 Å². The van der Waals surface area contributed by atoms with E-state index in [0.29, 0.717) is 13.0 Å². The van der Waals surface area contributed by atoms with Crippen molar-refractivity contribution >= 4 is 17.8 Å². The van der Waals surface area contributed by atoms with E-state index in [2.05, 4.69) is 10.6 Å². The van der Waals surface area contributed by atoms with E-state index in [4.69, 9.17) is 9.84 Å². The van der Waals surface area contributed by atoms with Crippen LogP contribution in [0.1, 0.15) is 39.2 Å². The van der Waals surface area contributed by atoms with Crippen LogP contribution >= 0.6 is 0 Å². The average Bonchev–Trinajstić information content (AvgIpc) is 2.66. The molecule has 8 nitrogen and oxygen atoms in total. The molecule has 1 rings (SSSR count). The third-order valence-corrected chi connectivity index (χ3v) is 5.21. The van der Waals surface area contributed by atoms with Crippen molar-refractivity contribution in [2.45, 2.75) is 58.2 Å². The molecular weight excluding hydrogens is 376 g/mol. The van der Waals surface area contributed by atoms with Gasteiger partial charge in [-0.3, -0.25) is 9.59 Å². The zero-order valence-corrected chi connectivity index (χ0v) is 17.5. The molecule has 1 aromatic carbocycles. The van der Waals surface area contributed by atoms with Crippen LogP contribution in [-0.2, 0) is 25.5 Å². The molecule has 0 fully saturated rings. The van der Waals surface area contributed by atoms with Gasteiger partial charge in [-0.25, -0.2) is 4.79 Å². The van der Waals surface area contributed by atoms with Crippen LogP contribution in [0.25, 0.3) is 0 Å². The Hall–Kier alpha value is -2.45. The lowest BCUT2D eigenvalue weighted by Crippen LogP contribution is -2.52. The van der Waals surface area contributed by atoms with Gasteiger partial charge in [-0.05, 0) is 30.9 Å². The second-order valence-electron chi connectivity index (χ2n) is 7.81. The molecule has 0 aliphatic carbocycles. The summed E-state index contributed by atoms with van der Waals surface area (Å²) in [5.74, 6) is -2.96. The van der Waals surface area contributed by atoms with Gasteiger partial charge >= 0.3 is 11.9 Å². The van der Waals surface area contributed by atoms with Crippen molar-refractivity contribution in [2.24, 2.45) is 5.41 Å². The molecule has 0 aromatic heterocycles. The van der Waals surface area contributed by atoms with Crippen LogP contribution < -0.4 is 10.6 Å². The summed E-state index contributed by atoms with van der Waals surface area (Å²) in [6.45, 7) is 6.38. The fourth-order valence-corrected chi connectivity index (χ4v) is 2.85. The first kappa shape index (κ1) is 24.6. The van der Waals surface area contributed by atoms with Gasteiger partial charge in [0.1, 0.15) is 6.04 Å². The number of carboxylic acid groups (broad SMARTS) is 2. The first-order valence-corrected chi connectivity index (χ1v) is 9.62. The van der Waals surface area contributed by atoms with Crippen molar-refractivity contribution in [3.8, 4) is 0 Å². The Kier molecular flexibility index (Phi) is 9.77. The maximum Gasteiger partial charge on any atom is 0.326 e. The Bertz CT molecular complexity index is 677. The minimum atomic E-state index is -1.17. The van der Waals surface area contributed by atoms with E-state index in [0.717, 1.165) is 5.56 Å². The van der Waals surface area contributed by atoms with Gasteiger partial charge in [0, 0.05) is 13.5 Å². The number of ether oxygens (including phenoxy) is 1. The number of benzene rings is 1. The lowest BCUT2D eigenvalue weighted by molar-refractivity contribution is -0.143. The molecule has 0 saturated heterocycles. The minimum absolute atomic E-state index is 0.0155. The Morgan fingerprint density at radius 1 is 1.10 bits per heavy atom. The van der Waals surface area contributed by atoms with Crippen molar-refractivity contribution < 1.29 is 29.3 Å². The summed E-state index contributed by atoms with van der Waals surface area (Å²) in [7, 11) is 1.62. The number of aliphatic carboxylic acids is 2. The summed E-state index contributed by atoms with van der Waals surface area (Å²) >= 11 is 0. The molecule has 8 heteroatoms. The van der Waals surface area contributed by atoms with Gasteiger partial charge in [0.25, 0.3) is 0 Å². The molecule has 29 heavy (non-hydrogen) atoms. The topological polar surface area (TPSA) is 125 Å². The smallest absolute Gasteiger partial charge is 0.326 e. The van der Waals surface area contributed by atoms with Crippen LogP contribution in [-0.4, -0.2) is 59.9 Å². The van der Waals surface area contributed by atoms with Crippen LogP contribution in [0, 0.1) is 5.41 Å². The third kappa shape index (κ3) is 8.62.